The number of carbonyl (C=O) groups is 1. The molecule has 3 aromatic rings. The molecule has 2 heterocycles. The van der Waals surface area contributed by atoms with Crippen LogP contribution in [0.5, 0.6) is 0 Å². The first kappa shape index (κ1) is 20.3. The van der Waals surface area contributed by atoms with Gasteiger partial charge in [0.2, 0.25) is 5.91 Å². The largest absolute Gasteiger partial charge is 0.357 e. The monoisotopic (exact) mass is 393 g/mol. The molecular formula is C21H27N7O. The molecule has 0 unspecified atom stereocenters. The minimum atomic E-state index is 0.0312. The van der Waals surface area contributed by atoms with Crippen LogP contribution in [-0.4, -0.2) is 33.0 Å². The van der Waals surface area contributed by atoms with Crippen molar-refractivity contribution in [3.63, 3.8) is 0 Å². The van der Waals surface area contributed by atoms with Crippen molar-refractivity contribution in [1.29, 1.82) is 0 Å². The average molecular weight is 393 g/mol. The van der Waals surface area contributed by atoms with E-state index in [1.165, 1.54) is 0 Å². The molecule has 0 aliphatic heterocycles. The second-order valence-corrected chi connectivity index (χ2v) is 6.59. The SMILES string of the molecule is CCCC(=O)Nc1cccc(CN=C(NCC)NCc2nnc3ccccn23)c1. The molecule has 0 spiro atoms. The number of amides is 1. The van der Waals surface area contributed by atoms with E-state index in [0.29, 0.717) is 25.5 Å². The minimum absolute atomic E-state index is 0.0312. The zero-order valence-electron chi connectivity index (χ0n) is 16.9. The smallest absolute Gasteiger partial charge is 0.224 e. The molecule has 0 atom stereocenters. The summed E-state index contributed by atoms with van der Waals surface area (Å²) in [6.07, 6.45) is 3.29. The van der Waals surface area contributed by atoms with Gasteiger partial charge in [-0.3, -0.25) is 9.20 Å². The highest BCUT2D eigenvalue weighted by Gasteiger charge is 2.06. The summed E-state index contributed by atoms with van der Waals surface area (Å²) in [6.45, 7) is 5.76. The first-order valence-corrected chi connectivity index (χ1v) is 9.89. The number of aromatic nitrogens is 3. The summed E-state index contributed by atoms with van der Waals surface area (Å²) in [7, 11) is 0. The summed E-state index contributed by atoms with van der Waals surface area (Å²) < 4.78 is 1.94. The fourth-order valence-corrected chi connectivity index (χ4v) is 2.88. The van der Waals surface area contributed by atoms with Crippen LogP contribution in [0.1, 0.15) is 38.1 Å². The van der Waals surface area contributed by atoms with Gasteiger partial charge in [-0.15, -0.1) is 10.2 Å². The molecule has 0 saturated heterocycles. The quantitative estimate of drug-likeness (QED) is 0.404. The zero-order chi connectivity index (χ0) is 20.5. The van der Waals surface area contributed by atoms with Crippen molar-refractivity contribution < 1.29 is 4.79 Å². The van der Waals surface area contributed by atoms with E-state index >= 15 is 0 Å². The van der Waals surface area contributed by atoms with Gasteiger partial charge in [0, 0.05) is 24.8 Å². The maximum absolute atomic E-state index is 11.8. The van der Waals surface area contributed by atoms with Crippen molar-refractivity contribution in [2.75, 3.05) is 11.9 Å². The van der Waals surface area contributed by atoms with Crippen LogP contribution in [0.3, 0.4) is 0 Å². The first-order valence-electron chi connectivity index (χ1n) is 9.89. The van der Waals surface area contributed by atoms with Gasteiger partial charge in [-0.1, -0.05) is 25.1 Å². The van der Waals surface area contributed by atoms with Gasteiger partial charge in [0.25, 0.3) is 0 Å². The third-order valence-corrected chi connectivity index (χ3v) is 4.25. The number of nitrogens with zero attached hydrogens (tertiary/aromatic N) is 4. The topological polar surface area (TPSA) is 95.7 Å². The van der Waals surface area contributed by atoms with Crippen molar-refractivity contribution in [3.05, 3.63) is 60.0 Å². The van der Waals surface area contributed by atoms with E-state index in [-0.39, 0.29) is 5.91 Å². The normalized spacial score (nSPS) is 11.4. The Labute approximate surface area is 170 Å². The Balaban J connectivity index is 1.64. The summed E-state index contributed by atoms with van der Waals surface area (Å²) >= 11 is 0. The number of fused-ring (bicyclic) bond motifs is 1. The van der Waals surface area contributed by atoms with Gasteiger partial charge in [-0.25, -0.2) is 4.99 Å². The lowest BCUT2D eigenvalue weighted by Crippen LogP contribution is -2.37. The molecule has 29 heavy (non-hydrogen) atoms. The van der Waals surface area contributed by atoms with Crippen LogP contribution in [-0.2, 0) is 17.9 Å². The van der Waals surface area contributed by atoms with Crippen LogP contribution < -0.4 is 16.0 Å². The van der Waals surface area contributed by atoms with Crippen molar-refractivity contribution in [3.8, 4) is 0 Å². The lowest BCUT2D eigenvalue weighted by atomic mass is 10.2. The van der Waals surface area contributed by atoms with E-state index in [1.807, 2.05) is 66.9 Å². The van der Waals surface area contributed by atoms with E-state index in [0.717, 1.165) is 35.7 Å². The lowest BCUT2D eigenvalue weighted by Gasteiger charge is -2.11. The molecule has 0 aliphatic rings. The number of anilines is 1. The summed E-state index contributed by atoms with van der Waals surface area (Å²) in [4.78, 5) is 16.4. The lowest BCUT2D eigenvalue weighted by molar-refractivity contribution is -0.116. The minimum Gasteiger partial charge on any atom is -0.357 e. The van der Waals surface area contributed by atoms with Crippen LogP contribution in [0.4, 0.5) is 5.69 Å². The van der Waals surface area contributed by atoms with Gasteiger partial charge in [-0.2, -0.15) is 0 Å². The molecule has 1 aromatic carbocycles. The third kappa shape index (κ3) is 5.78. The van der Waals surface area contributed by atoms with Crippen molar-refractivity contribution >= 4 is 23.2 Å². The van der Waals surface area contributed by atoms with Crippen LogP contribution in [0.2, 0.25) is 0 Å². The second-order valence-electron chi connectivity index (χ2n) is 6.59. The molecule has 0 fully saturated rings. The van der Waals surface area contributed by atoms with E-state index in [1.54, 1.807) is 0 Å². The molecule has 0 aliphatic carbocycles. The molecule has 8 heteroatoms. The Morgan fingerprint density at radius 1 is 1.10 bits per heavy atom. The van der Waals surface area contributed by atoms with Gasteiger partial charge in [0.15, 0.2) is 17.4 Å². The molecule has 2 aromatic heterocycles. The zero-order valence-corrected chi connectivity index (χ0v) is 16.9. The standard InChI is InChI=1S/C21H27N7O/c1-3-8-20(29)25-17-10-7-9-16(13-17)14-23-21(22-4-2)24-15-19-27-26-18-11-5-6-12-28(18)19/h5-7,9-13H,3-4,8,14-15H2,1-2H3,(H,25,29)(H2,22,23,24). The van der Waals surface area contributed by atoms with E-state index in [4.69, 9.17) is 0 Å². The number of pyridine rings is 1. The number of hydrogen-bond acceptors (Lipinski definition) is 4. The highest BCUT2D eigenvalue weighted by Crippen LogP contribution is 2.12. The van der Waals surface area contributed by atoms with Gasteiger partial charge in [0.1, 0.15) is 0 Å². The van der Waals surface area contributed by atoms with Crippen molar-refractivity contribution in [2.24, 2.45) is 4.99 Å². The van der Waals surface area contributed by atoms with Gasteiger partial charge >= 0.3 is 0 Å². The summed E-state index contributed by atoms with van der Waals surface area (Å²) in [5, 5.41) is 17.8. The maximum Gasteiger partial charge on any atom is 0.224 e. The molecule has 152 valence electrons. The Morgan fingerprint density at radius 3 is 2.83 bits per heavy atom. The van der Waals surface area contributed by atoms with E-state index in [2.05, 4.69) is 31.1 Å². The van der Waals surface area contributed by atoms with Crippen molar-refractivity contribution in [2.45, 2.75) is 39.8 Å². The highest BCUT2D eigenvalue weighted by atomic mass is 16.1. The van der Waals surface area contributed by atoms with Gasteiger partial charge < -0.3 is 16.0 Å². The summed E-state index contributed by atoms with van der Waals surface area (Å²) in [5.41, 5.74) is 2.63. The van der Waals surface area contributed by atoms with Crippen LogP contribution in [0.15, 0.2) is 53.7 Å². The average Bonchev–Trinajstić information content (AvgIpc) is 3.14. The predicted octanol–water partition coefficient (Wildman–Crippen LogP) is 2.72. The Morgan fingerprint density at radius 2 is 2.00 bits per heavy atom. The Kier molecular flexibility index (Phi) is 7.16. The number of guanidine groups is 1. The number of nitrogens with one attached hydrogen (secondary N) is 3. The van der Waals surface area contributed by atoms with E-state index in [9.17, 15) is 4.79 Å². The molecule has 8 nitrogen and oxygen atoms in total. The molecule has 0 saturated carbocycles. The summed E-state index contributed by atoms with van der Waals surface area (Å²) in [5.74, 6) is 1.54. The molecule has 3 N–H and O–H groups in total. The molecular weight excluding hydrogens is 366 g/mol. The van der Waals surface area contributed by atoms with Crippen LogP contribution >= 0.6 is 0 Å². The Bertz CT molecular complexity index is 980. The number of carbonyl (C=O) groups excluding carboxylic acids is 1. The second kappa shape index (κ2) is 10.2. The van der Waals surface area contributed by atoms with Gasteiger partial charge in [0.05, 0.1) is 13.1 Å². The molecule has 0 bridgehead atoms. The van der Waals surface area contributed by atoms with Gasteiger partial charge in [-0.05, 0) is 43.2 Å². The number of hydrogen-bond donors (Lipinski definition) is 3. The fraction of sp³-hybridized carbons (Fsp3) is 0.333. The number of rotatable bonds is 8. The molecule has 0 radical (unpaired) electrons. The number of benzene rings is 1. The van der Waals surface area contributed by atoms with Crippen molar-refractivity contribution in [1.82, 2.24) is 25.2 Å². The number of aliphatic imine (C=N–C) groups is 1. The van der Waals surface area contributed by atoms with Crippen LogP contribution in [0, 0.1) is 0 Å². The van der Waals surface area contributed by atoms with E-state index < -0.39 is 0 Å². The Hall–Kier alpha value is -3.42. The molecule has 1 amide bonds. The highest BCUT2D eigenvalue weighted by molar-refractivity contribution is 5.90. The molecule has 3 rings (SSSR count). The third-order valence-electron chi connectivity index (χ3n) is 4.25. The maximum atomic E-state index is 11.8. The predicted molar refractivity (Wildman–Crippen MR) is 115 cm³/mol. The fourth-order valence-electron chi connectivity index (χ4n) is 2.88. The summed E-state index contributed by atoms with van der Waals surface area (Å²) in [6, 6.07) is 13.6. The first-order chi connectivity index (χ1) is 14.2. The van der Waals surface area contributed by atoms with Crippen LogP contribution in [0.25, 0.3) is 5.65 Å².